The summed E-state index contributed by atoms with van der Waals surface area (Å²) in [4.78, 5) is 2.39. The molecule has 2 heteroatoms. The highest BCUT2D eigenvalue weighted by atomic mass is 15.1. The van der Waals surface area contributed by atoms with Crippen molar-refractivity contribution in [3.05, 3.63) is 255 Å². The third-order valence-corrected chi connectivity index (χ3v) is 12.8. The number of hydrogen-bond donors (Lipinski definition) is 0. The van der Waals surface area contributed by atoms with Gasteiger partial charge in [0.25, 0.3) is 0 Å². The molecule has 0 saturated carbocycles. The van der Waals surface area contributed by atoms with Crippen molar-refractivity contribution in [1.82, 2.24) is 4.57 Å². The average Bonchev–Trinajstić information content (AvgIpc) is 3.70. The molecule has 0 atom stereocenters. The number of aromatic nitrogens is 1. The van der Waals surface area contributed by atoms with Crippen LogP contribution in [0.2, 0.25) is 0 Å². The molecule has 0 N–H and O–H groups in total. The van der Waals surface area contributed by atoms with Crippen LogP contribution in [-0.2, 0) is 0 Å². The Morgan fingerprint density at radius 2 is 0.672 bits per heavy atom. The Balaban J connectivity index is 1.11. The molecule has 12 aromatic rings. The van der Waals surface area contributed by atoms with E-state index < -0.39 is 0 Å². The highest BCUT2D eigenvalue weighted by molar-refractivity contribution is 6.12. The molecule has 0 aliphatic carbocycles. The van der Waals surface area contributed by atoms with Gasteiger partial charge in [-0.15, -0.1) is 0 Å². The maximum Gasteiger partial charge on any atom is 0.0618 e. The van der Waals surface area contributed by atoms with Crippen molar-refractivity contribution in [2.45, 2.75) is 0 Å². The van der Waals surface area contributed by atoms with Crippen LogP contribution in [0.25, 0.3) is 93.5 Å². The van der Waals surface area contributed by atoms with Gasteiger partial charge in [-0.25, -0.2) is 0 Å². The van der Waals surface area contributed by atoms with E-state index in [2.05, 4.69) is 264 Å². The van der Waals surface area contributed by atoms with E-state index in [-0.39, 0.29) is 0 Å². The third kappa shape index (κ3) is 6.61. The first-order valence-electron chi connectivity index (χ1n) is 22.0. The number of rotatable bonds is 8. The number of hydrogen-bond acceptors (Lipinski definition) is 1. The zero-order valence-corrected chi connectivity index (χ0v) is 35.1. The van der Waals surface area contributed by atoms with Crippen molar-refractivity contribution >= 4 is 60.4 Å². The summed E-state index contributed by atoms with van der Waals surface area (Å²) < 4.78 is 2.53. The minimum Gasteiger partial charge on any atom is -0.310 e. The fourth-order valence-electron chi connectivity index (χ4n) is 9.62. The normalized spacial score (nSPS) is 11.4. The number of nitrogens with zero attached hydrogens (tertiary/aromatic N) is 2. The Morgan fingerprint density at radius 3 is 1.22 bits per heavy atom. The van der Waals surface area contributed by atoms with Crippen molar-refractivity contribution in [3.8, 4) is 50.2 Å². The van der Waals surface area contributed by atoms with Crippen LogP contribution in [0.5, 0.6) is 0 Å². The second-order valence-electron chi connectivity index (χ2n) is 16.5. The van der Waals surface area contributed by atoms with Crippen LogP contribution in [0, 0.1) is 0 Å². The minimum atomic E-state index is 1.08. The average molecular weight is 815 g/mol. The molecule has 0 unspecified atom stereocenters. The fraction of sp³-hybridized carbons (Fsp3) is 0. The van der Waals surface area contributed by atoms with E-state index in [4.69, 9.17) is 0 Å². The molecule has 0 saturated heterocycles. The molecule has 1 aromatic heterocycles. The second kappa shape index (κ2) is 15.8. The first-order chi connectivity index (χ1) is 31.7. The summed E-state index contributed by atoms with van der Waals surface area (Å²) in [6.07, 6.45) is 0. The summed E-state index contributed by atoms with van der Waals surface area (Å²) in [5.41, 5.74) is 16.2. The Hall–Kier alpha value is -8.46. The molecular weight excluding hydrogens is 773 g/mol. The molecular formula is C62H42N2. The molecule has 11 aromatic carbocycles. The van der Waals surface area contributed by atoms with Gasteiger partial charge in [0.15, 0.2) is 0 Å². The predicted octanol–water partition coefficient (Wildman–Crippen LogP) is 17.2. The van der Waals surface area contributed by atoms with Gasteiger partial charge in [-0.3, -0.25) is 0 Å². The Labute approximate surface area is 373 Å². The minimum absolute atomic E-state index is 1.08. The van der Waals surface area contributed by atoms with Gasteiger partial charge in [0, 0.05) is 39.0 Å². The van der Waals surface area contributed by atoms with Gasteiger partial charge in [0.2, 0.25) is 0 Å². The van der Waals surface area contributed by atoms with Gasteiger partial charge < -0.3 is 9.47 Å². The van der Waals surface area contributed by atoms with Gasteiger partial charge in [-0.2, -0.15) is 0 Å². The summed E-state index contributed by atoms with van der Waals surface area (Å²) in [6.45, 7) is 0. The molecule has 0 spiro atoms. The van der Waals surface area contributed by atoms with Crippen LogP contribution in [0.3, 0.4) is 0 Å². The fourth-order valence-corrected chi connectivity index (χ4v) is 9.62. The Kier molecular flexibility index (Phi) is 9.20. The van der Waals surface area contributed by atoms with Gasteiger partial charge in [0.1, 0.15) is 0 Å². The second-order valence-corrected chi connectivity index (χ2v) is 16.5. The maximum absolute atomic E-state index is 2.53. The summed E-state index contributed by atoms with van der Waals surface area (Å²) in [6, 6.07) is 92.9. The zero-order chi connectivity index (χ0) is 42.4. The number of fused-ring (bicyclic) bond motifs is 5. The van der Waals surface area contributed by atoms with Crippen LogP contribution in [-0.4, -0.2) is 4.57 Å². The van der Waals surface area contributed by atoms with Gasteiger partial charge in [0.05, 0.1) is 16.7 Å². The van der Waals surface area contributed by atoms with E-state index in [1.165, 1.54) is 76.8 Å². The zero-order valence-electron chi connectivity index (χ0n) is 35.1. The van der Waals surface area contributed by atoms with Gasteiger partial charge >= 0.3 is 0 Å². The van der Waals surface area contributed by atoms with Crippen LogP contribution in [0.1, 0.15) is 0 Å². The smallest absolute Gasteiger partial charge is 0.0618 e. The largest absolute Gasteiger partial charge is 0.310 e. The Morgan fingerprint density at radius 1 is 0.250 bits per heavy atom. The van der Waals surface area contributed by atoms with Gasteiger partial charge in [-0.1, -0.05) is 200 Å². The maximum atomic E-state index is 2.53. The molecule has 0 bridgehead atoms. The molecule has 2 nitrogen and oxygen atoms in total. The first-order valence-corrected chi connectivity index (χ1v) is 22.0. The van der Waals surface area contributed by atoms with Crippen molar-refractivity contribution in [1.29, 1.82) is 0 Å². The summed E-state index contributed by atoms with van der Waals surface area (Å²) >= 11 is 0. The van der Waals surface area contributed by atoms with Crippen LogP contribution >= 0.6 is 0 Å². The van der Waals surface area contributed by atoms with Crippen LogP contribution in [0.15, 0.2) is 255 Å². The molecule has 12 rings (SSSR count). The quantitative estimate of drug-likeness (QED) is 0.148. The Bertz CT molecular complexity index is 3460. The lowest BCUT2D eigenvalue weighted by atomic mass is 9.93. The molecule has 0 fully saturated rings. The lowest BCUT2D eigenvalue weighted by Gasteiger charge is -2.26. The van der Waals surface area contributed by atoms with Crippen molar-refractivity contribution in [3.63, 3.8) is 0 Å². The van der Waals surface area contributed by atoms with E-state index in [0.717, 1.165) is 33.8 Å². The van der Waals surface area contributed by atoms with Gasteiger partial charge in [-0.05, 0) is 110 Å². The van der Waals surface area contributed by atoms with E-state index in [1.807, 2.05) is 0 Å². The molecule has 0 amide bonds. The first kappa shape index (κ1) is 37.3. The molecule has 1 heterocycles. The van der Waals surface area contributed by atoms with Crippen molar-refractivity contribution in [2.75, 3.05) is 4.90 Å². The number of para-hydroxylation sites is 2. The molecule has 0 radical (unpaired) electrons. The summed E-state index contributed by atoms with van der Waals surface area (Å²) in [5, 5.41) is 7.32. The van der Waals surface area contributed by atoms with E-state index >= 15 is 0 Å². The summed E-state index contributed by atoms with van der Waals surface area (Å²) in [7, 11) is 0. The van der Waals surface area contributed by atoms with Crippen LogP contribution < -0.4 is 4.90 Å². The summed E-state index contributed by atoms with van der Waals surface area (Å²) in [5.74, 6) is 0. The lowest BCUT2D eigenvalue weighted by molar-refractivity contribution is 1.18. The van der Waals surface area contributed by atoms with E-state index in [9.17, 15) is 0 Å². The SMILES string of the molecule is c1ccc(-c2ccc(N(c3ccc(-c4ccccc4)cc3)c3ccc4c5ccccc5n(-c5c(-c6ccc7ccccc7c6)cccc5-c5ccc6ccccc6c5)c4c3)cc2)cc1. The molecule has 300 valence electrons. The molecule has 0 aliphatic rings. The number of anilines is 3. The highest BCUT2D eigenvalue weighted by Gasteiger charge is 2.22. The van der Waals surface area contributed by atoms with E-state index in [0.29, 0.717) is 0 Å². The molecule has 0 aliphatic heterocycles. The monoisotopic (exact) mass is 814 g/mol. The molecule has 64 heavy (non-hydrogen) atoms. The van der Waals surface area contributed by atoms with E-state index in [1.54, 1.807) is 0 Å². The van der Waals surface area contributed by atoms with Crippen molar-refractivity contribution < 1.29 is 0 Å². The standard InChI is InChI=1S/C62H42N2/c1-3-14-43(15-4-1)47-30-34-53(35-31-47)63(54-36-32-48(33-37-54)44-16-5-2-6-17-44)55-38-39-59-58-22-11-12-25-60(58)64(61(59)42-55)62-56(51-28-26-45-18-7-9-20-49(45)40-51)23-13-24-57(62)52-29-27-46-19-8-10-21-50(46)41-52/h1-42H. The third-order valence-electron chi connectivity index (χ3n) is 12.8. The predicted molar refractivity (Wildman–Crippen MR) is 272 cm³/mol. The lowest BCUT2D eigenvalue weighted by Crippen LogP contribution is -2.10. The highest BCUT2D eigenvalue weighted by Crippen LogP contribution is 2.45. The van der Waals surface area contributed by atoms with Crippen LogP contribution in [0.4, 0.5) is 17.1 Å². The van der Waals surface area contributed by atoms with Crippen molar-refractivity contribution in [2.24, 2.45) is 0 Å². The number of benzene rings is 11. The topological polar surface area (TPSA) is 8.17 Å².